The first kappa shape index (κ1) is 17.3. The van der Waals surface area contributed by atoms with Gasteiger partial charge in [-0.05, 0) is 51.3 Å². The van der Waals surface area contributed by atoms with Crippen LogP contribution < -0.4 is 5.43 Å². The summed E-state index contributed by atoms with van der Waals surface area (Å²) in [6.45, 7) is 2.80. The van der Waals surface area contributed by atoms with Gasteiger partial charge >= 0.3 is 0 Å². The van der Waals surface area contributed by atoms with Crippen LogP contribution >= 0.6 is 0 Å². The summed E-state index contributed by atoms with van der Waals surface area (Å²) in [5.74, 6) is -0.118. The molecule has 4 rings (SSSR count). The van der Waals surface area contributed by atoms with E-state index in [4.69, 9.17) is 0 Å². The summed E-state index contributed by atoms with van der Waals surface area (Å²) in [5.41, 5.74) is 0.873. The lowest BCUT2D eigenvalue weighted by molar-refractivity contribution is 0.0483. The van der Waals surface area contributed by atoms with E-state index in [2.05, 4.69) is 23.9 Å². The number of aromatic nitrogens is 1. The topological polar surface area (TPSA) is 56.4 Å². The summed E-state index contributed by atoms with van der Waals surface area (Å²) in [6.07, 6.45) is 6.98. The van der Waals surface area contributed by atoms with Gasteiger partial charge in [-0.1, -0.05) is 19.1 Å². The molecule has 3 heterocycles. The van der Waals surface area contributed by atoms with Crippen LogP contribution in [-0.2, 0) is 0 Å². The smallest absolute Gasteiger partial charge is 0.259 e. The molecule has 138 valence electrons. The van der Waals surface area contributed by atoms with Crippen molar-refractivity contribution in [3.63, 3.8) is 0 Å². The second-order valence-corrected chi connectivity index (χ2v) is 7.75. The number of hydrogen-bond donors (Lipinski definition) is 1. The molecular weight excluding hydrogens is 326 g/mol. The third kappa shape index (κ3) is 2.84. The van der Waals surface area contributed by atoms with E-state index in [0.717, 1.165) is 24.8 Å². The monoisotopic (exact) mass is 353 g/mol. The number of fused-ring (bicyclic) bond motifs is 3. The van der Waals surface area contributed by atoms with Crippen molar-refractivity contribution in [3.05, 3.63) is 46.2 Å². The van der Waals surface area contributed by atoms with Crippen molar-refractivity contribution in [3.8, 4) is 0 Å². The Kier molecular flexibility index (Phi) is 4.57. The molecule has 2 aliphatic heterocycles. The number of H-pyrrole nitrogens is 1. The van der Waals surface area contributed by atoms with Gasteiger partial charge in [-0.2, -0.15) is 0 Å². The van der Waals surface area contributed by atoms with Gasteiger partial charge in [0.2, 0.25) is 5.43 Å². The van der Waals surface area contributed by atoms with E-state index in [-0.39, 0.29) is 22.9 Å². The molecule has 2 atom stereocenters. The van der Waals surface area contributed by atoms with Gasteiger partial charge < -0.3 is 14.8 Å². The summed E-state index contributed by atoms with van der Waals surface area (Å²) in [5, 5.41) is 0.582. The molecule has 2 saturated heterocycles. The number of piperidine rings is 1. The van der Waals surface area contributed by atoms with Crippen LogP contribution in [0.3, 0.4) is 0 Å². The lowest BCUT2D eigenvalue weighted by Crippen LogP contribution is -2.51. The summed E-state index contributed by atoms with van der Waals surface area (Å²) >= 11 is 0. The molecule has 5 nitrogen and oxygen atoms in total. The molecule has 0 saturated carbocycles. The van der Waals surface area contributed by atoms with Crippen LogP contribution in [0.1, 0.15) is 49.4 Å². The van der Waals surface area contributed by atoms with Crippen molar-refractivity contribution in [2.75, 3.05) is 13.6 Å². The maximum absolute atomic E-state index is 13.3. The first-order valence-corrected chi connectivity index (χ1v) is 9.73. The predicted molar refractivity (Wildman–Crippen MR) is 103 cm³/mol. The highest BCUT2D eigenvalue weighted by molar-refractivity contribution is 5.97. The fraction of sp³-hybridized carbons (Fsp3) is 0.524. The van der Waals surface area contributed by atoms with Gasteiger partial charge in [0.05, 0.1) is 0 Å². The van der Waals surface area contributed by atoms with Crippen molar-refractivity contribution in [2.45, 2.75) is 57.2 Å². The van der Waals surface area contributed by atoms with Gasteiger partial charge in [0.15, 0.2) is 0 Å². The Morgan fingerprint density at radius 3 is 2.62 bits per heavy atom. The average molecular weight is 353 g/mol. The van der Waals surface area contributed by atoms with Gasteiger partial charge in [-0.15, -0.1) is 0 Å². The number of amides is 1. The Balaban J connectivity index is 1.66. The van der Waals surface area contributed by atoms with Gasteiger partial charge in [0.1, 0.15) is 5.56 Å². The molecule has 1 N–H and O–H groups in total. The predicted octanol–water partition coefficient (Wildman–Crippen LogP) is 3.01. The number of carbonyl (C=O) groups is 1. The molecule has 2 aromatic rings. The Morgan fingerprint density at radius 2 is 1.92 bits per heavy atom. The van der Waals surface area contributed by atoms with E-state index in [0.29, 0.717) is 24.0 Å². The van der Waals surface area contributed by atoms with Crippen molar-refractivity contribution >= 4 is 16.8 Å². The molecule has 0 aliphatic carbocycles. The van der Waals surface area contributed by atoms with Crippen molar-refractivity contribution < 1.29 is 4.79 Å². The quantitative estimate of drug-likeness (QED) is 0.919. The van der Waals surface area contributed by atoms with E-state index < -0.39 is 0 Å². The lowest BCUT2D eigenvalue weighted by atomic mass is 9.95. The molecule has 0 radical (unpaired) electrons. The van der Waals surface area contributed by atoms with Crippen LogP contribution in [0.2, 0.25) is 0 Å². The van der Waals surface area contributed by atoms with E-state index in [1.807, 2.05) is 23.1 Å². The molecule has 1 aromatic carbocycles. The molecule has 26 heavy (non-hydrogen) atoms. The number of pyridine rings is 1. The largest absolute Gasteiger partial charge is 0.360 e. The number of aromatic amines is 1. The number of hydrogen-bond acceptors (Lipinski definition) is 3. The average Bonchev–Trinajstić information content (AvgIpc) is 2.86. The molecule has 2 unspecified atom stereocenters. The van der Waals surface area contributed by atoms with Crippen molar-refractivity contribution in [1.29, 1.82) is 0 Å². The Hall–Kier alpha value is -2.14. The molecule has 2 bridgehead atoms. The van der Waals surface area contributed by atoms with Crippen LogP contribution in [0.4, 0.5) is 0 Å². The second kappa shape index (κ2) is 6.88. The fourth-order valence-electron chi connectivity index (χ4n) is 4.81. The zero-order chi connectivity index (χ0) is 18.3. The number of rotatable bonds is 4. The van der Waals surface area contributed by atoms with Crippen LogP contribution in [0.5, 0.6) is 0 Å². The maximum atomic E-state index is 13.3. The van der Waals surface area contributed by atoms with E-state index in [9.17, 15) is 9.59 Å². The summed E-state index contributed by atoms with van der Waals surface area (Å²) in [7, 11) is 2.21. The highest BCUT2D eigenvalue weighted by atomic mass is 16.2. The standard InChI is InChI=1S/C21H27N3O2/c1-3-10-24(16-11-14-8-9-15(12-16)23(14)2)21(26)18-13-22-19-7-5-4-6-17(19)20(18)25/h4-7,13-16H,3,8-12H2,1-2H3,(H,22,25). The number of nitrogens with zero attached hydrogens (tertiary/aromatic N) is 2. The third-order valence-corrected chi connectivity index (χ3v) is 6.26. The van der Waals surface area contributed by atoms with E-state index in [1.165, 1.54) is 12.8 Å². The van der Waals surface area contributed by atoms with Gasteiger partial charge in [-0.25, -0.2) is 0 Å². The molecule has 1 aromatic heterocycles. The number of para-hydroxylation sites is 1. The SMILES string of the molecule is CCCN(C(=O)c1c[nH]c2ccccc2c1=O)C1CC2CCC(C1)N2C. The van der Waals surface area contributed by atoms with E-state index in [1.54, 1.807) is 12.3 Å². The highest BCUT2D eigenvalue weighted by Crippen LogP contribution is 2.36. The van der Waals surface area contributed by atoms with Crippen molar-refractivity contribution in [1.82, 2.24) is 14.8 Å². The highest BCUT2D eigenvalue weighted by Gasteiger charge is 2.41. The minimum absolute atomic E-state index is 0.118. The number of carbonyl (C=O) groups excluding carboxylic acids is 1. The minimum atomic E-state index is -0.165. The van der Waals surface area contributed by atoms with Crippen LogP contribution in [0, 0.1) is 0 Å². The molecule has 0 spiro atoms. The zero-order valence-corrected chi connectivity index (χ0v) is 15.6. The zero-order valence-electron chi connectivity index (χ0n) is 15.6. The molecule has 1 amide bonds. The number of nitrogens with one attached hydrogen (secondary N) is 1. The maximum Gasteiger partial charge on any atom is 0.259 e. The third-order valence-electron chi connectivity index (χ3n) is 6.26. The van der Waals surface area contributed by atoms with E-state index >= 15 is 0 Å². The molecule has 5 heteroatoms. The Morgan fingerprint density at radius 1 is 1.23 bits per heavy atom. The first-order chi connectivity index (χ1) is 12.6. The van der Waals surface area contributed by atoms with Gasteiger partial charge in [0, 0.05) is 41.8 Å². The summed E-state index contributed by atoms with van der Waals surface area (Å²) in [6, 6.07) is 8.75. The molecule has 2 fully saturated rings. The Labute approximate surface area is 154 Å². The van der Waals surface area contributed by atoms with Crippen LogP contribution in [0.15, 0.2) is 35.3 Å². The second-order valence-electron chi connectivity index (χ2n) is 7.75. The Bertz CT molecular complexity index is 861. The normalized spacial score (nSPS) is 25.5. The van der Waals surface area contributed by atoms with Crippen molar-refractivity contribution in [2.24, 2.45) is 0 Å². The van der Waals surface area contributed by atoms with Gasteiger partial charge in [-0.3, -0.25) is 9.59 Å². The lowest BCUT2D eigenvalue weighted by Gasteiger charge is -2.41. The number of benzene rings is 1. The molecule has 2 aliphatic rings. The minimum Gasteiger partial charge on any atom is -0.360 e. The molecular formula is C21H27N3O2. The first-order valence-electron chi connectivity index (χ1n) is 9.73. The van der Waals surface area contributed by atoms with Gasteiger partial charge in [0.25, 0.3) is 5.91 Å². The van der Waals surface area contributed by atoms with Crippen LogP contribution in [0.25, 0.3) is 10.9 Å². The summed E-state index contributed by atoms with van der Waals surface area (Å²) < 4.78 is 0. The summed E-state index contributed by atoms with van der Waals surface area (Å²) in [4.78, 5) is 33.8. The fourth-order valence-corrected chi connectivity index (χ4v) is 4.81. The van der Waals surface area contributed by atoms with Crippen LogP contribution in [-0.4, -0.2) is 52.4 Å².